The zero-order valence-corrected chi connectivity index (χ0v) is 14.4. The quantitative estimate of drug-likeness (QED) is 0.874. The van der Waals surface area contributed by atoms with Crippen molar-refractivity contribution >= 4 is 12.2 Å². The standard InChI is InChI=1S/C20H22N2O4/c23-19(25-15-9-3-1-4-10-15)21-17-13-7-8-14-18(17)22-20(24)26-16-11-5-2-6-12-16/h1-6,9-12,17-18H,7-8,13-14H2,(H,21,23)(H,22,24)/t17-,18-/m0/s1. The van der Waals surface area contributed by atoms with Crippen LogP contribution in [-0.2, 0) is 0 Å². The van der Waals surface area contributed by atoms with Crippen LogP contribution in [0.2, 0.25) is 0 Å². The lowest BCUT2D eigenvalue weighted by atomic mass is 9.90. The third-order valence-electron chi connectivity index (χ3n) is 4.28. The Labute approximate surface area is 152 Å². The predicted molar refractivity (Wildman–Crippen MR) is 97.2 cm³/mol. The number of ether oxygens (including phenoxy) is 2. The number of benzene rings is 2. The second kappa shape index (κ2) is 8.89. The van der Waals surface area contributed by atoms with Gasteiger partial charge in [-0.1, -0.05) is 49.2 Å². The van der Waals surface area contributed by atoms with Gasteiger partial charge < -0.3 is 20.1 Å². The van der Waals surface area contributed by atoms with Crippen LogP contribution < -0.4 is 20.1 Å². The van der Waals surface area contributed by atoms with Crippen molar-refractivity contribution in [3.05, 3.63) is 60.7 Å². The van der Waals surface area contributed by atoms with Gasteiger partial charge in [0.1, 0.15) is 11.5 Å². The number of carbonyl (C=O) groups excluding carboxylic acids is 2. The second-order valence-corrected chi connectivity index (χ2v) is 6.19. The zero-order valence-electron chi connectivity index (χ0n) is 14.4. The van der Waals surface area contributed by atoms with E-state index in [0.29, 0.717) is 11.5 Å². The van der Waals surface area contributed by atoms with E-state index in [4.69, 9.17) is 9.47 Å². The maximum absolute atomic E-state index is 12.1. The average molecular weight is 354 g/mol. The summed E-state index contributed by atoms with van der Waals surface area (Å²) in [4.78, 5) is 24.3. The van der Waals surface area contributed by atoms with Crippen LogP contribution in [0.25, 0.3) is 0 Å². The van der Waals surface area contributed by atoms with Crippen LogP contribution >= 0.6 is 0 Å². The minimum Gasteiger partial charge on any atom is -0.410 e. The highest BCUT2D eigenvalue weighted by Crippen LogP contribution is 2.20. The van der Waals surface area contributed by atoms with E-state index >= 15 is 0 Å². The maximum atomic E-state index is 12.1. The van der Waals surface area contributed by atoms with E-state index in [1.165, 1.54) is 0 Å². The minimum atomic E-state index is -0.522. The van der Waals surface area contributed by atoms with E-state index in [-0.39, 0.29) is 12.1 Å². The van der Waals surface area contributed by atoms with Gasteiger partial charge in [0.15, 0.2) is 0 Å². The normalized spacial score (nSPS) is 19.2. The molecule has 0 saturated heterocycles. The van der Waals surface area contributed by atoms with E-state index in [2.05, 4.69) is 10.6 Å². The summed E-state index contributed by atoms with van der Waals surface area (Å²) < 4.78 is 10.5. The van der Waals surface area contributed by atoms with Crippen LogP contribution in [-0.4, -0.2) is 24.3 Å². The summed E-state index contributed by atoms with van der Waals surface area (Å²) in [6.45, 7) is 0. The Morgan fingerprint density at radius 1 is 0.692 bits per heavy atom. The Morgan fingerprint density at radius 3 is 1.46 bits per heavy atom. The molecule has 2 aromatic rings. The van der Waals surface area contributed by atoms with Gasteiger partial charge in [0.2, 0.25) is 0 Å². The molecule has 2 atom stereocenters. The van der Waals surface area contributed by atoms with Crippen molar-refractivity contribution in [1.29, 1.82) is 0 Å². The third kappa shape index (κ3) is 5.24. The fraction of sp³-hybridized carbons (Fsp3) is 0.300. The topological polar surface area (TPSA) is 76.7 Å². The van der Waals surface area contributed by atoms with Crippen LogP contribution in [0, 0.1) is 0 Å². The van der Waals surface area contributed by atoms with E-state index < -0.39 is 12.2 Å². The molecule has 3 rings (SSSR count). The van der Waals surface area contributed by atoms with E-state index in [1.807, 2.05) is 12.1 Å². The smallest absolute Gasteiger partial charge is 0.410 e. The molecule has 2 N–H and O–H groups in total. The Balaban J connectivity index is 1.53. The number of hydrogen-bond donors (Lipinski definition) is 2. The lowest BCUT2D eigenvalue weighted by Gasteiger charge is -2.32. The van der Waals surface area contributed by atoms with E-state index in [9.17, 15) is 9.59 Å². The van der Waals surface area contributed by atoms with Gasteiger partial charge in [-0.15, -0.1) is 0 Å². The number of carbonyl (C=O) groups is 2. The molecule has 2 amide bonds. The number of para-hydroxylation sites is 2. The monoisotopic (exact) mass is 354 g/mol. The SMILES string of the molecule is O=C(N[C@H]1CCCC[C@@H]1NC(=O)Oc1ccccc1)Oc1ccccc1. The van der Waals surface area contributed by atoms with E-state index in [1.54, 1.807) is 48.5 Å². The van der Waals surface area contributed by atoms with Crippen molar-refractivity contribution in [1.82, 2.24) is 10.6 Å². The molecule has 0 aliphatic heterocycles. The highest BCUT2D eigenvalue weighted by atomic mass is 16.6. The van der Waals surface area contributed by atoms with Gasteiger partial charge in [0, 0.05) is 0 Å². The lowest BCUT2D eigenvalue weighted by Crippen LogP contribution is -2.54. The molecule has 26 heavy (non-hydrogen) atoms. The molecular weight excluding hydrogens is 332 g/mol. The molecule has 1 saturated carbocycles. The molecule has 0 heterocycles. The van der Waals surface area contributed by atoms with Crippen molar-refractivity contribution in [2.45, 2.75) is 37.8 Å². The number of amides is 2. The fourth-order valence-corrected chi connectivity index (χ4v) is 3.03. The first-order valence-electron chi connectivity index (χ1n) is 8.77. The van der Waals surface area contributed by atoms with Crippen LogP contribution in [0.15, 0.2) is 60.7 Å². The summed E-state index contributed by atoms with van der Waals surface area (Å²) in [5.74, 6) is 0.961. The van der Waals surface area contributed by atoms with Crippen LogP contribution in [0.5, 0.6) is 11.5 Å². The highest BCUT2D eigenvalue weighted by molar-refractivity contribution is 5.72. The minimum absolute atomic E-state index is 0.191. The third-order valence-corrected chi connectivity index (χ3v) is 4.28. The molecule has 0 radical (unpaired) electrons. The maximum Gasteiger partial charge on any atom is 0.412 e. The van der Waals surface area contributed by atoms with Crippen molar-refractivity contribution in [3.8, 4) is 11.5 Å². The van der Waals surface area contributed by atoms with Crippen LogP contribution in [0.3, 0.4) is 0 Å². The molecule has 2 aromatic carbocycles. The zero-order chi connectivity index (χ0) is 18.2. The first kappa shape index (κ1) is 17.8. The molecule has 1 aliphatic rings. The van der Waals surface area contributed by atoms with Gasteiger partial charge in [-0.25, -0.2) is 9.59 Å². The fourth-order valence-electron chi connectivity index (χ4n) is 3.03. The van der Waals surface area contributed by atoms with Gasteiger partial charge in [-0.2, -0.15) is 0 Å². The second-order valence-electron chi connectivity index (χ2n) is 6.19. The first-order chi connectivity index (χ1) is 12.7. The molecule has 1 aliphatic carbocycles. The number of hydrogen-bond acceptors (Lipinski definition) is 4. The molecule has 6 nitrogen and oxygen atoms in total. The van der Waals surface area contributed by atoms with Crippen molar-refractivity contribution in [3.63, 3.8) is 0 Å². The van der Waals surface area contributed by atoms with Crippen LogP contribution in [0.4, 0.5) is 9.59 Å². The molecular formula is C20H22N2O4. The molecule has 0 unspecified atom stereocenters. The van der Waals surface area contributed by atoms with Crippen molar-refractivity contribution in [2.75, 3.05) is 0 Å². The molecule has 0 bridgehead atoms. The van der Waals surface area contributed by atoms with Gasteiger partial charge >= 0.3 is 12.2 Å². The lowest BCUT2D eigenvalue weighted by molar-refractivity contribution is 0.173. The van der Waals surface area contributed by atoms with Gasteiger partial charge in [-0.05, 0) is 37.1 Å². The Bertz CT molecular complexity index is 658. The van der Waals surface area contributed by atoms with Gasteiger partial charge in [-0.3, -0.25) is 0 Å². The summed E-state index contributed by atoms with van der Waals surface area (Å²) >= 11 is 0. The van der Waals surface area contributed by atoms with Crippen molar-refractivity contribution in [2.24, 2.45) is 0 Å². The molecule has 6 heteroatoms. The molecule has 1 fully saturated rings. The van der Waals surface area contributed by atoms with E-state index in [0.717, 1.165) is 25.7 Å². The van der Waals surface area contributed by atoms with Gasteiger partial charge in [0.25, 0.3) is 0 Å². The van der Waals surface area contributed by atoms with Gasteiger partial charge in [0.05, 0.1) is 12.1 Å². The Morgan fingerprint density at radius 2 is 1.08 bits per heavy atom. The number of nitrogens with one attached hydrogen (secondary N) is 2. The summed E-state index contributed by atoms with van der Waals surface area (Å²) in [6, 6.07) is 17.4. The largest absolute Gasteiger partial charge is 0.412 e. The summed E-state index contributed by atoms with van der Waals surface area (Å²) in [5, 5.41) is 5.71. The number of rotatable bonds is 4. The summed E-state index contributed by atoms with van der Waals surface area (Å²) in [7, 11) is 0. The van der Waals surface area contributed by atoms with Crippen LogP contribution in [0.1, 0.15) is 25.7 Å². The summed E-state index contributed by atoms with van der Waals surface area (Å²) in [6.07, 6.45) is 2.49. The molecule has 136 valence electrons. The Kier molecular flexibility index (Phi) is 6.09. The van der Waals surface area contributed by atoms with Crippen molar-refractivity contribution < 1.29 is 19.1 Å². The summed E-state index contributed by atoms with van der Waals surface area (Å²) in [5.41, 5.74) is 0. The highest BCUT2D eigenvalue weighted by Gasteiger charge is 2.29. The predicted octanol–water partition coefficient (Wildman–Crippen LogP) is 3.87. The first-order valence-corrected chi connectivity index (χ1v) is 8.77. The molecule has 0 spiro atoms. The Hall–Kier alpha value is -3.02. The molecule has 0 aromatic heterocycles. The average Bonchev–Trinajstić information content (AvgIpc) is 2.65.